The first kappa shape index (κ1) is 16.7. The monoisotopic (exact) mass is 318 g/mol. The Bertz CT molecular complexity index is 575. The van der Waals surface area contributed by atoms with Crippen molar-refractivity contribution in [1.29, 1.82) is 5.26 Å². The van der Waals surface area contributed by atoms with Gasteiger partial charge in [-0.1, -0.05) is 6.07 Å². The zero-order chi connectivity index (χ0) is 16.0. The maximum atomic E-state index is 11.9. The molecule has 0 saturated carbocycles. The number of carbonyl (C=O) groups is 1. The largest absolute Gasteiger partial charge is 0.494 e. The molecule has 1 amide bonds. The lowest BCUT2D eigenvalue weighted by molar-refractivity contribution is -0.122. The van der Waals surface area contributed by atoms with Crippen LogP contribution < -0.4 is 10.1 Å². The number of ether oxygens (including phenoxy) is 1. The number of thioether (sulfide) groups is 1. The Morgan fingerprint density at radius 2 is 2.27 bits per heavy atom. The van der Waals surface area contributed by atoms with E-state index < -0.39 is 5.54 Å². The van der Waals surface area contributed by atoms with Gasteiger partial charge in [0.2, 0.25) is 5.91 Å². The van der Waals surface area contributed by atoms with E-state index in [1.54, 1.807) is 11.8 Å². The summed E-state index contributed by atoms with van der Waals surface area (Å²) in [6.45, 7) is 4.62. The van der Waals surface area contributed by atoms with E-state index >= 15 is 0 Å². The van der Waals surface area contributed by atoms with Gasteiger partial charge in [-0.2, -0.15) is 17.0 Å². The first-order valence-corrected chi connectivity index (χ1v) is 8.70. The number of nitriles is 1. The maximum absolute atomic E-state index is 11.9. The van der Waals surface area contributed by atoms with Crippen LogP contribution in [0.3, 0.4) is 0 Å². The van der Waals surface area contributed by atoms with Crippen LogP contribution in [-0.2, 0) is 4.79 Å². The lowest BCUT2D eigenvalue weighted by Gasteiger charge is -2.21. The van der Waals surface area contributed by atoms with Crippen molar-refractivity contribution >= 4 is 17.7 Å². The van der Waals surface area contributed by atoms with Crippen LogP contribution in [0.1, 0.15) is 30.4 Å². The van der Waals surface area contributed by atoms with Crippen LogP contribution in [0.15, 0.2) is 18.2 Å². The number of nitrogens with one attached hydrogen (secondary N) is 1. The molecule has 0 aromatic heterocycles. The second-order valence-corrected chi connectivity index (χ2v) is 6.85. The SMILES string of the molecule is Cc1ccc(OCCCC(=O)N[C@@]2(C#N)CCSC2)cc1C. The minimum atomic E-state index is -0.656. The summed E-state index contributed by atoms with van der Waals surface area (Å²) in [7, 11) is 0. The van der Waals surface area contributed by atoms with Gasteiger partial charge in [0.05, 0.1) is 12.7 Å². The van der Waals surface area contributed by atoms with Crippen molar-refractivity contribution in [2.45, 2.75) is 38.6 Å². The van der Waals surface area contributed by atoms with Gasteiger partial charge in [-0.3, -0.25) is 4.79 Å². The van der Waals surface area contributed by atoms with Gasteiger partial charge < -0.3 is 10.1 Å². The van der Waals surface area contributed by atoms with Gasteiger partial charge in [0.15, 0.2) is 0 Å². The van der Waals surface area contributed by atoms with Crippen LogP contribution in [0.5, 0.6) is 5.75 Å². The van der Waals surface area contributed by atoms with Crippen molar-refractivity contribution in [3.8, 4) is 11.8 Å². The van der Waals surface area contributed by atoms with Gasteiger partial charge in [0.25, 0.3) is 0 Å². The molecule has 1 aromatic rings. The Balaban J connectivity index is 1.71. The standard InChI is InChI=1S/C17H22N2O2S/c1-13-5-6-15(10-14(13)2)21-8-3-4-16(20)19-17(11-18)7-9-22-12-17/h5-6,10H,3-4,7-9,12H2,1-2H3,(H,19,20)/t17-/m1/s1. The number of aryl methyl sites for hydroxylation is 2. The molecular formula is C17H22N2O2S. The zero-order valence-corrected chi connectivity index (χ0v) is 14.0. The van der Waals surface area contributed by atoms with E-state index in [0.717, 1.165) is 17.9 Å². The molecule has 1 aromatic carbocycles. The maximum Gasteiger partial charge on any atom is 0.221 e. The second kappa shape index (κ2) is 7.55. The quantitative estimate of drug-likeness (QED) is 0.819. The number of hydrogen-bond acceptors (Lipinski definition) is 4. The van der Waals surface area contributed by atoms with Crippen LogP contribution >= 0.6 is 11.8 Å². The Morgan fingerprint density at radius 1 is 1.45 bits per heavy atom. The summed E-state index contributed by atoms with van der Waals surface area (Å²) in [5.41, 5.74) is 1.78. The number of benzene rings is 1. The van der Waals surface area contributed by atoms with Crippen molar-refractivity contribution < 1.29 is 9.53 Å². The molecule has 0 aliphatic carbocycles. The number of rotatable bonds is 6. The zero-order valence-electron chi connectivity index (χ0n) is 13.1. The predicted molar refractivity (Wildman–Crippen MR) is 89.1 cm³/mol. The number of hydrogen-bond donors (Lipinski definition) is 1. The lowest BCUT2D eigenvalue weighted by atomic mass is 10.0. The predicted octanol–water partition coefficient (Wildman–Crippen LogP) is 2.98. The van der Waals surface area contributed by atoms with Gasteiger partial charge in [-0.25, -0.2) is 0 Å². The molecular weight excluding hydrogens is 296 g/mol. The molecule has 0 bridgehead atoms. The first-order chi connectivity index (χ1) is 10.5. The molecule has 118 valence electrons. The summed E-state index contributed by atoms with van der Waals surface area (Å²) < 4.78 is 5.66. The average molecular weight is 318 g/mol. The molecule has 2 rings (SSSR count). The van der Waals surface area contributed by atoms with Gasteiger partial charge in [-0.05, 0) is 55.7 Å². The van der Waals surface area contributed by atoms with Gasteiger partial charge in [0.1, 0.15) is 11.3 Å². The summed E-state index contributed by atoms with van der Waals surface area (Å²) >= 11 is 1.71. The minimum absolute atomic E-state index is 0.0623. The van der Waals surface area contributed by atoms with Crippen molar-refractivity contribution in [3.63, 3.8) is 0 Å². The first-order valence-electron chi connectivity index (χ1n) is 7.55. The third-order valence-electron chi connectivity index (χ3n) is 3.91. The molecule has 1 aliphatic rings. The Kier molecular flexibility index (Phi) is 5.73. The van der Waals surface area contributed by atoms with E-state index in [0.29, 0.717) is 25.2 Å². The highest BCUT2D eigenvalue weighted by Crippen LogP contribution is 2.27. The molecule has 5 heteroatoms. The fourth-order valence-electron chi connectivity index (χ4n) is 2.34. The second-order valence-electron chi connectivity index (χ2n) is 5.74. The van der Waals surface area contributed by atoms with Gasteiger partial charge in [-0.15, -0.1) is 0 Å². The third-order valence-corrected chi connectivity index (χ3v) is 5.10. The Labute approximate surface area is 136 Å². The molecule has 1 fully saturated rings. The highest BCUT2D eigenvalue weighted by molar-refractivity contribution is 7.99. The van der Waals surface area contributed by atoms with E-state index in [4.69, 9.17) is 4.74 Å². The summed E-state index contributed by atoms with van der Waals surface area (Å²) in [4.78, 5) is 11.9. The topological polar surface area (TPSA) is 62.1 Å². The molecule has 4 nitrogen and oxygen atoms in total. The van der Waals surface area contributed by atoms with E-state index in [9.17, 15) is 10.1 Å². The van der Waals surface area contributed by atoms with Crippen LogP contribution in [-0.4, -0.2) is 29.6 Å². The van der Waals surface area contributed by atoms with Crippen LogP contribution in [0.4, 0.5) is 0 Å². The molecule has 0 unspecified atom stereocenters. The van der Waals surface area contributed by atoms with Crippen molar-refractivity contribution in [1.82, 2.24) is 5.32 Å². The molecule has 0 radical (unpaired) electrons. The molecule has 22 heavy (non-hydrogen) atoms. The number of nitrogens with zero attached hydrogens (tertiary/aromatic N) is 1. The van der Waals surface area contributed by atoms with Crippen LogP contribution in [0.25, 0.3) is 0 Å². The normalized spacial score (nSPS) is 20.4. The molecule has 1 heterocycles. The van der Waals surface area contributed by atoms with E-state index in [1.165, 1.54) is 11.1 Å². The van der Waals surface area contributed by atoms with Crippen molar-refractivity contribution in [2.75, 3.05) is 18.1 Å². The van der Waals surface area contributed by atoms with Crippen molar-refractivity contribution in [3.05, 3.63) is 29.3 Å². The summed E-state index contributed by atoms with van der Waals surface area (Å²) in [5, 5.41) is 12.1. The summed E-state index contributed by atoms with van der Waals surface area (Å²) in [6.07, 6.45) is 1.77. The number of amides is 1. The lowest BCUT2D eigenvalue weighted by Crippen LogP contribution is -2.47. The number of carbonyl (C=O) groups excluding carboxylic acids is 1. The molecule has 1 atom stereocenters. The van der Waals surface area contributed by atoms with Crippen molar-refractivity contribution in [2.24, 2.45) is 0 Å². The highest BCUT2D eigenvalue weighted by atomic mass is 32.2. The van der Waals surface area contributed by atoms with E-state index in [1.807, 2.05) is 18.2 Å². The molecule has 0 spiro atoms. The molecule has 1 N–H and O–H groups in total. The average Bonchev–Trinajstić information content (AvgIpc) is 2.96. The van der Waals surface area contributed by atoms with Crippen LogP contribution in [0.2, 0.25) is 0 Å². The van der Waals surface area contributed by atoms with E-state index in [2.05, 4.69) is 25.2 Å². The summed E-state index contributed by atoms with van der Waals surface area (Å²) in [6, 6.07) is 8.24. The Hall–Kier alpha value is -1.67. The Morgan fingerprint density at radius 3 is 2.91 bits per heavy atom. The summed E-state index contributed by atoms with van der Waals surface area (Å²) in [5.74, 6) is 2.40. The van der Waals surface area contributed by atoms with Gasteiger partial charge in [0, 0.05) is 12.2 Å². The van der Waals surface area contributed by atoms with E-state index in [-0.39, 0.29) is 5.91 Å². The fourth-order valence-corrected chi connectivity index (χ4v) is 3.60. The highest BCUT2D eigenvalue weighted by Gasteiger charge is 2.35. The molecule has 1 aliphatic heterocycles. The van der Waals surface area contributed by atoms with Crippen LogP contribution in [0, 0.1) is 25.2 Å². The smallest absolute Gasteiger partial charge is 0.221 e. The molecule has 1 saturated heterocycles. The minimum Gasteiger partial charge on any atom is -0.494 e. The van der Waals surface area contributed by atoms with Gasteiger partial charge >= 0.3 is 0 Å². The fraction of sp³-hybridized carbons (Fsp3) is 0.529. The third kappa shape index (κ3) is 4.41.